The van der Waals surface area contributed by atoms with Crippen molar-refractivity contribution in [1.29, 1.82) is 0 Å². The van der Waals surface area contributed by atoms with E-state index >= 15 is 0 Å². The lowest BCUT2D eigenvalue weighted by atomic mass is 10.2. The number of aromatic nitrogens is 4. The van der Waals surface area contributed by atoms with Gasteiger partial charge in [0, 0.05) is 18.9 Å². The summed E-state index contributed by atoms with van der Waals surface area (Å²) in [5, 5.41) is 11.9. The van der Waals surface area contributed by atoms with E-state index in [1.54, 1.807) is 12.3 Å². The monoisotopic (exact) mass is 317 g/mol. The Bertz CT molecular complexity index is 710. The summed E-state index contributed by atoms with van der Waals surface area (Å²) in [6.07, 6.45) is 6.55. The summed E-state index contributed by atoms with van der Waals surface area (Å²) in [5.74, 6) is 0.998. The molecule has 7 heteroatoms. The number of hydrogen-bond acceptors (Lipinski definition) is 5. The van der Waals surface area contributed by atoms with Crippen molar-refractivity contribution in [3.63, 3.8) is 0 Å². The Balaban J connectivity index is 1.47. The van der Waals surface area contributed by atoms with E-state index in [-0.39, 0.29) is 0 Å². The minimum atomic E-state index is 0.445. The number of imidazole rings is 1. The molecule has 0 saturated carbocycles. The second kappa shape index (κ2) is 7.20. The van der Waals surface area contributed by atoms with Crippen LogP contribution < -0.4 is 5.32 Å². The van der Waals surface area contributed by atoms with Gasteiger partial charge in [0.2, 0.25) is 11.8 Å². The van der Waals surface area contributed by atoms with Gasteiger partial charge < -0.3 is 14.3 Å². The lowest BCUT2D eigenvalue weighted by Gasteiger charge is -2.02. The normalized spacial score (nSPS) is 11.0. The summed E-state index contributed by atoms with van der Waals surface area (Å²) < 4.78 is 7.66. The fraction of sp³-hybridized carbons (Fsp3) is 0.267. The number of halogens is 1. The van der Waals surface area contributed by atoms with Crippen molar-refractivity contribution in [2.24, 2.45) is 0 Å². The van der Waals surface area contributed by atoms with Crippen molar-refractivity contribution in [2.45, 2.75) is 19.5 Å². The Morgan fingerprint density at radius 1 is 1.23 bits per heavy atom. The van der Waals surface area contributed by atoms with Gasteiger partial charge in [0.1, 0.15) is 0 Å². The Kier molecular flexibility index (Phi) is 4.82. The number of nitrogens with one attached hydrogen (secondary N) is 1. The van der Waals surface area contributed by atoms with Crippen molar-refractivity contribution in [3.05, 3.63) is 53.9 Å². The van der Waals surface area contributed by atoms with Crippen LogP contribution in [0, 0.1) is 0 Å². The molecule has 0 spiro atoms. The predicted octanol–water partition coefficient (Wildman–Crippen LogP) is 2.77. The Labute approximate surface area is 133 Å². The molecule has 1 aromatic carbocycles. The molecule has 6 nitrogen and oxygen atoms in total. The van der Waals surface area contributed by atoms with Gasteiger partial charge in [-0.15, -0.1) is 10.2 Å². The molecule has 0 radical (unpaired) electrons. The van der Waals surface area contributed by atoms with Crippen LogP contribution in [0.5, 0.6) is 0 Å². The predicted molar refractivity (Wildman–Crippen MR) is 83.3 cm³/mol. The first-order valence-electron chi connectivity index (χ1n) is 7.06. The van der Waals surface area contributed by atoms with E-state index in [2.05, 4.69) is 20.5 Å². The third-order valence-corrected chi connectivity index (χ3v) is 3.51. The zero-order chi connectivity index (χ0) is 15.2. The quantitative estimate of drug-likeness (QED) is 0.679. The van der Waals surface area contributed by atoms with Gasteiger partial charge in [0.15, 0.2) is 0 Å². The minimum absolute atomic E-state index is 0.445. The van der Waals surface area contributed by atoms with Gasteiger partial charge in [-0.2, -0.15) is 0 Å². The summed E-state index contributed by atoms with van der Waals surface area (Å²) in [6.45, 7) is 2.34. The zero-order valence-corrected chi connectivity index (χ0v) is 12.7. The molecule has 0 bridgehead atoms. The van der Waals surface area contributed by atoms with Crippen LogP contribution in [-0.2, 0) is 13.1 Å². The molecule has 3 rings (SSSR count). The van der Waals surface area contributed by atoms with E-state index in [0.717, 1.165) is 25.1 Å². The van der Waals surface area contributed by atoms with Gasteiger partial charge in [-0.1, -0.05) is 23.7 Å². The smallest absolute Gasteiger partial charge is 0.249 e. The SMILES string of the molecule is Clc1ccccc1-c1nnc(CNCCCn2ccnc2)o1. The van der Waals surface area contributed by atoms with Crippen LogP contribution in [-0.4, -0.2) is 26.3 Å². The Morgan fingerprint density at radius 2 is 2.14 bits per heavy atom. The van der Waals surface area contributed by atoms with Gasteiger partial charge >= 0.3 is 0 Å². The Morgan fingerprint density at radius 3 is 2.95 bits per heavy atom. The highest BCUT2D eigenvalue weighted by Crippen LogP contribution is 2.25. The summed E-state index contributed by atoms with van der Waals surface area (Å²) in [7, 11) is 0. The van der Waals surface area contributed by atoms with Gasteiger partial charge in [-0.3, -0.25) is 0 Å². The number of hydrogen-bond donors (Lipinski definition) is 1. The fourth-order valence-electron chi connectivity index (χ4n) is 2.07. The van der Waals surface area contributed by atoms with E-state index in [0.29, 0.717) is 23.3 Å². The molecule has 3 aromatic rings. The van der Waals surface area contributed by atoms with Gasteiger partial charge in [0.25, 0.3) is 0 Å². The van der Waals surface area contributed by atoms with E-state index in [4.69, 9.17) is 16.0 Å². The average molecular weight is 318 g/mol. The summed E-state index contributed by atoms with van der Waals surface area (Å²) in [6, 6.07) is 7.41. The van der Waals surface area contributed by atoms with Gasteiger partial charge in [0.05, 0.1) is 23.5 Å². The first-order valence-corrected chi connectivity index (χ1v) is 7.44. The van der Waals surface area contributed by atoms with E-state index in [1.165, 1.54) is 0 Å². The maximum absolute atomic E-state index is 6.11. The van der Waals surface area contributed by atoms with Crippen molar-refractivity contribution < 1.29 is 4.42 Å². The molecule has 0 aliphatic rings. The summed E-state index contributed by atoms with van der Waals surface area (Å²) in [5.41, 5.74) is 0.753. The van der Waals surface area contributed by atoms with E-state index in [1.807, 2.05) is 35.3 Å². The van der Waals surface area contributed by atoms with Crippen LogP contribution in [0.1, 0.15) is 12.3 Å². The fourth-order valence-corrected chi connectivity index (χ4v) is 2.29. The molecule has 0 saturated heterocycles. The van der Waals surface area contributed by atoms with E-state index < -0.39 is 0 Å². The van der Waals surface area contributed by atoms with Crippen molar-refractivity contribution in [3.8, 4) is 11.5 Å². The highest BCUT2D eigenvalue weighted by Gasteiger charge is 2.10. The average Bonchev–Trinajstić information content (AvgIpc) is 3.19. The molecule has 0 fully saturated rings. The first kappa shape index (κ1) is 14.7. The topological polar surface area (TPSA) is 68.8 Å². The van der Waals surface area contributed by atoms with Gasteiger partial charge in [-0.05, 0) is 25.1 Å². The lowest BCUT2D eigenvalue weighted by Crippen LogP contribution is -2.16. The molecule has 114 valence electrons. The maximum Gasteiger partial charge on any atom is 0.249 e. The molecule has 1 N–H and O–H groups in total. The van der Waals surface area contributed by atoms with Crippen molar-refractivity contribution >= 4 is 11.6 Å². The molecule has 0 aliphatic carbocycles. The summed E-state index contributed by atoms with van der Waals surface area (Å²) >= 11 is 6.11. The largest absolute Gasteiger partial charge is 0.419 e. The van der Waals surface area contributed by atoms with Crippen LogP contribution in [0.3, 0.4) is 0 Å². The lowest BCUT2D eigenvalue weighted by molar-refractivity contribution is 0.470. The molecule has 2 heterocycles. The number of aryl methyl sites for hydroxylation is 1. The standard InChI is InChI=1S/C15H16ClN5O/c16-13-5-2-1-4-12(13)15-20-19-14(22-15)10-17-6-3-8-21-9-7-18-11-21/h1-2,4-5,7,9,11,17H,3,6,8,10H2. The van der Waals surface area contributed by atoms with Crippen LogP contribution >= 0.6 is 11.6 Å². The number of nitrogens with zero attached hydrogens (tertiary/aromatic N) is 4. The van der Waals surface area contributed by atoms with Crippen LogP contribution in [0.4, 0.5) is 0 Å². The summed E-state index contributed by atoms with van der Waals surface area (Å²) in [4.78, 5) is 4.01. The molecular formula is C15H16ClN5O. The molecule has 2 aromatic heterocycles. The van der Waals surface area contributed by atoms with Crippen molar-refractivity contribution in [2.75, 3.05) is 6.54 Å². The highest BCUT2D eigenvalue weighted by atomic mass is 35.5. The number of benzene rings is 1. The molecule has 0 atom stereocenters. The number of rotatable bonds is 7. The van der Waals surface area contributed by atoms with Crippen molar-refractivity contribution in [1.82, 2.24) is 25.1 Å². The first-order chi connectivity index (χ1) is 10.8. The minimum Gasteiger partial charge on any atom is -0.419 e. The van der Waals surface area contributed by atoms with Crippen LogP contribution in [0.15, 0.2) is 47.4 Å². The molecular weight excluding hydrogens is 302 g/mol. The second-order valence-electron chi connectivity index (χ2n) is 4.81. The second-order valence-corrected chi connectivity index (χ2v) is 5.22. The van der Waals surface area contributed by atoms with Crippen LogP contribution in [0.25, 0.3) is 11.5 Å². The van der Waals surface area contributed by atoms with Gasteiger partial charge in [-0.25, -0.2) is 4.98 Å². The van der Waals surface area contributed by atoms with E-state index in [9.17, 15) is 0 Å². The zero-order valence-electron chi connectivity index (χ0n) is 11.9. The highest BCUT2D eigenvalue weighted by molar-refractivity contribution is 6.33. The molecule has 0 amide bonds. The maximum atomic E-state index is 6.11. The Hall–Kier alpha value is -2.18. The third kappa shape index (κ3) is 3.72. The van der Waals surface area contributed by atoms with Crippen LogP contribution in [0.2, 0.25) is 5.02 Å². The third-order valence-electron chi connectivity index (χ3n) is 3.18. The molecule has 22 heavy (non-hydrogen) atoms. The molecule has 0 unspecified atom stereocenters. The molecule has 0 aliphatic heterocycles.